The predicted molar refractivity (Wildman–Crippen MR) is 74.9 cm³/mol. The number of nitrogens with zero attached hydrogens (tertiary/aromatic N) is 1. The zero-order chi connectivity index (χ0) is 13.5. The second-order valence-electron chi connectivity index (χ2n) is 4.80. The molecule has 0 aliphatic carbocycles. The molecule has 0 aromatic heterocycles. The van der Waals surface area contributed by atoms with Crippen LogP contribution in [0.4, 0.5) is 0 Å². The number of phenolic OH excluding ortho intramolecular Hbond substituents is 1. The van der Waals surface area contributed by atoms with E-state index in [1.54, 1.807) is 7.11 Å². The van der Waals surface area contributed by atoms with Crippen LogP contribution in [0.25, 0.3) is 0 Å². The smallest absolute Gasteiger partial charge is 0.122 e. The van der Waals surface area contributed by atoms with Gasteiger partial charge in [0.1, 0.15) is 5.75 Å². The summed E-state index contributed by atoms with van der Waals surface area (Å²) in [6.45, 7) is 8.70. The van der Waals surface area contributed by atoms with Gasteiger partial charge in [-0.2, -0.15) is 0 Å². The van der Waals surface area contributed by atoms with Crippen molar-refractivity contribution in [2.75, 3.05) is 20.3 Å². The number of hydrogen-bond acceptors (Lipinski definition) is 3. The van der Waals surface area contributed by atoms with E-state index in [0.29, 0.717) is 11.8 Å². The molecule has 1 N–H and O–H groups in total. The lowest BCUT2D eigenvalue weighted by Crippen LogP contribution is -2.34. The third kappa shape index (κ3) is 4.00. The topological polar surface area (TPSA) is 32.7 Å². The first-order valence-electron chi connectivity index (χ1n) is 6.60. The van der Waals surface area contributed by atoms with Crippen molar-refractivity contribution in [3.63, 3.8) is 0 Å². The van der Waals surface area contributed by atoms with E-state index in [9.17, 15) is 5.11 Å². The van der Waals surface area contributed by atoms with Gasteiger partial charge >= 0.3 is 0 Å². The number of rotatable bonds is 7. The zero-order valence-corrected chi connectivity index (χ0v) is 11.9. The molecule has 0 spiro atoms. The van der Waals surface area contributed by atoms with E-state index >= 15 is 0 Å². The van der Waals surface area contributed by atoms with E-state index in [1.807, 2.05) is 25.1 Å². The lowest BCUT2D eigenvalue weighted by Gasteiger charge is -2.28. The Kier molecular flexibility index (Phi) is 6.16. The second-order valence-corrected chi connectivity index (χ2v) is 4.80. The van der Waals surface area contributed by atoms with E-state index < -0.39 is 0 Å². The number of para-hydroxylation sites is 1. The third-order valence-electron chi connectivity index (χ3n) is 3.49. The SMILES string of the molecule is CCC(C)N(CCOC)Cc1cccc(C)c1O. The van der Waals surface area contributed by atoms with Crippen molar-refractivity contribution in [2.24, 2.45) is 0 Å². The summed E-state index contributed by atoms with van der Waals surface area (Å²) in [7, 11) is 1.72. The summed E-state index contributed by atoms with van der Waals surface area (Å²) in [5.74, 6) is 0.420. The number of aromatic hydroxyl groups is 1. The van der Waals surface area contributed by atoms with Crippen molar-refractivity contribution in [3.05, 3.63) is 29.3 Å². The third-order valence-corrected chi connectivity index (χ3v) is 3.49. The molecule has 0 radical (unpaired) electrons. The Labute approximate surface area is 110 Å². The molecule has 1 atom stereocenters. The molecular weight excluding hydrogens is 226 g/mol. The van der Waals surface area contributed by atoms with Gasteiger partial charge in [0.25, 0.3) is 0 Å². The first-order chi connectivity index (χ1) is 8.60. The molecule has 1 unspecified atom stereocenters. The second kappa shape index (κ2) is 7.39. The summed E-state index contributed by atoms with van der Waals surface area (Å²) < 4.78 is 5.15. The number of phenols is 1. The van der Waals surface area contributed by atoms with Crippen molar-refractivity contribution in [1.82, 2.24) is 4.90 Å². The van der Waals surface area contributed by atoms with Crippen LogP contribution in [0.2, 0.25) is 0 Å². The van der Waals surface area contributed by atoms with Gasteiger partial charge in [-0.25, -0.2) is 0 Å². The molecule has 1 rings (SSSR count). The zero-order valence-electron chi connectivity index (χ0n) is 11.9. The van der Waals surface area contributed by atoms with Crippen LogP contribution in [0.3, 0.4) is 0 Å². The number of aryl methyl sites for hydroxylation is 1. The Hall–Kier alpha value is -1.06. The first kappa shape index (κ1) is 15.0. The van der Waals surface area contributed by atoms with Crippen LogP contribution in [0.5, 0.6) is 5.75 Å². The van der Waals surface area contributed by atoms with Gasteiger partial charge in [-0.3, -0.25) is 4.90 Å². The summed E-state index contributed by atoms with van der Waals surface area (Å²) in [4.78, 5) is 2.35. The fourth-order valence-corrected chi connectivity index (χ4v) is 1.99. The average molecular weight is 251 g/mol. The average Bonchev–Trinajstić information content (AvgIpc) is 2.38. The number of benzene rings is 1. The largest absolute Gasteiger partial charge is 0.507 e. The Bertz CT molecular complexity index is 366. The van der Waals surface area contributed by atoms with Crippen LogP contribution < -0.4 is 0 Å². The van der Waals surface area contributed by atoms with Crippen LogP contribution in [-0.2, 0) is 11.3 Å². The van der Waals surface area contributed by atoms with Crippen LogP contribution in [-0.4, -0.2) is 36.3 Å². The van der Waals surface area contributed by atoms with E-state index in [0.717, 1.165) is 37.2 Å². The molecule has 0 heterocycles. The molecule has 0 aliphatic rings. The number of methoxy groups -OCH3 is 1. The maximum Gasteiger partial charge on any atom is 0.122 e. The number of ether oxygens (including phenoxy) is 1. The normalized spacial score (nSPS) is 12.9. The maximum absolute atomic E-state index is 10.1. The van der Waals surface area contributed by atoms with E-state index in [4.69, 9.17) is 4.74 Å². The monoisotopic (exact) mass is 251 g/mol. The highest BCUT2D eigenvalue weighted by Gasteiger charge is 2.14. The van der Waals surface area contributed by atoms with Gasteiger partial charge in [0.2, 0.25) is 0 Å². The fraction of sp³-hybridized carbons (Fsp3) is 0.600. The van der Waals surface area contributed by atoms with Gasteiger partial charge in [-0.15, -0.1) is 0 Å². The molecule has 1 aromatic rings. The lowest BCUT2D eigenvalue weighted by atomic mass is 10.1. The van der Waals surface area contributed by atoms with Crippen molar-refractivity contribution in [2.45, 2.75) is 39.8 Å². The van der Waals surface area contributed by atoms with E-state index in [2.05, 4.69) is 18.7 Å². The van der Waals surface area contributed by atoms with Crippen LogP contribution in [0.15, 0.2) is 18.2 Å². The molecule has 3 nitrogen and oxygen atoms in total. The van der Waals surface area contributed by atoms with E-state index in [1.165, 1.54) is 0 Å². The van der Waals surface area contributed by atoms with Gasteiger partial charge in [0.05, 0.1) is 6.61 Å². The summed E-state index contributed by atoms with van der Waals surface area (Å²) in [5.41, 5.74) is 1.93. The Morgan fingerprint density at radius 3 is 2.72 bits per heavy atom. The van der Waals surface area contributed by atoms with E-state index in [-0.39, 0.29) is 0 Å². The lowest BCUT2D eigenvalue weighted by molar-refractivity contribution is 0.117. The first-order valence-corrected chi connectivity index (χ1v) is 6.60. The fourth-order valence-electron chi connectivity index (χ4n) is 1.99. The minimum Gasteiger partial charge on any atom is -0.507 e. The minimum atomic E-state index is 0.420. The summed E-state index contributed by atoms with van der Waals surface area (Å²) >= 11 is 0. The number of hydrogen-bond donors (Lipinski definition) is 1. The van der Waals surface area contributed by atoms with Gasteiger partial charge in [0.15, 0.2) is 0 Å². The molecular formula is C15H25NO2. The Morgan fingerprint density at radius 2 is 2.11 bits per heavy atom. The molecule has 0 fully saturated rings. The molecule has 1 aromatic carbocycles. The molecule has 18 heavy (non-hydrogen) atoms. The van der Waals surface area contributed by atoms with Crippen molar-refractivity contribution in [1.29, 1.82) is 0 Å². The molecule has 0 amide bonds. The van der Waals surface area contributed by atoms with Crippen molar-refractivity contribution >= 4 is 0 Å². The molecule has 3 heteroatoms. The van der Waals surface area contributed by atoms with Crippen LogP contribution in [0.1, 0.15) is 31.4 Å². The molecule has 0 bridgehead atoms. The van der Waals surface area contributed by atoms with Crippen LogP contribution >= 0.6 is 0 Å². The highest BCUT2D eigenvalue weighted by molar-refractivity contribution is 5.39. The predicted octanol–water partition coefficient (Wildman–Crippen LogP) is 2.95. The van der Waals surface area contributed by atoms with Crippen molar-refractivity contribution in [3.8, 4) is 5.75 Å². The molecule has 0 saturated carbocycles. The quantitative estimate of drug-likeness (QED) is 0.808. The maximum atomic E-state index is 10.1. The summed E-state index contributed by atoms with van der Waals surface area (Å²) in [6, 6.07) is 6.40. The summed E-state index contributed by atoms with van der Waals surface area (Å²) in [5, 5.41) is 10.1. The van der Waals surface area contributed by atoms with Gasteiger partial charge in [0, 0.05) is 31.8 Å². The van der Waals surface area contributed by atoms with Crippen LogP contribution in [0, 0.1) is 6.92 Å². The molecule has 0 saturated heterocycles. The molecule has 0 aliphatic heterocycles. The summed E-state index contributed by atoms with van der Waals surface area (Å²) in [6.07, 6.45) is 1.09. The minimum absolute atomic E-state index is 0.420. The standard InChI is InChI=1S/C15H25NO2/c1-5-13(3)16(9-10-18-4)11-14-8-6-7-12(2)15(14)17/h6-8,13,17H,5,9-11H2,1-4H3. The molecule has 102 valence electrons. The van der Waals surface area contributed by atoms with Gasteiger partial charge < -0.3 is 9.84 Å². The van der Waals surface area contributed by atoms with Gasteiger partial charge in [-0.1, -0.05) is 25.1 Å². The Balaban J connectivity index is 2.78. The van der Waals surface area contributed by atoms with Crippen molar-refractivity contribution < 1.29 is 9.84 Å². The van der Waals surface area contributed by atoms with Gasteiger partial charge in [-0.05, 0) is 25.8 Å². The Morgan fingerprint density at radius 1 is 1.39 bits per heavy atom. The highest BCUT2D eigenvalue weighted by Crippen LogP contribution is 2.23. The highest BCUT2D eigenvalue weighted by atomic mass is 16.5.